The van der Waals surface area contributed by atoms with Crippen molar-refractivity contribution in [2.75, 3.05) is 23.4 Å². The Morgan fingerprint density at radius 3 is 2.21 bits per heavy atom. The third kappa shape index (κ3) is 6.42. The summed E-state index contributed by atoms with van der Waals surface area (Å²) in [6.07, 6.45) is 0. The second-order valence-corrected chi connectivity index (χ2v) is 8.45. The molecule has 34 heavy (non-hydrogen) atoms. The molecule has 3 aromatic rings. The summed E-state index contributed by atoms with van der Waals surface area (Å²) in [5.74, 6) is 0.262. The second-order valence-electron chi connectivity index (χ2n) is 8.04. The molecule has 2 N–H and O–H groups in total. The molecule has 3 rings (SSSR count). The van der Waals surface area contributed by atoms with Crippen LogP contribution < -0.4 is 20.3 Å². The Bertz CT molecular complexity index is 1150. The summed E-state index contributed by atoms with van der Waals surface area (Å²) < 4.78 is 5.78. The molecule has 0 aliphatic carbocycles. The predicted molar refractivity (Wildman–Crippen MR) is 141 cm³/mol. The first-order valence-electron chi connectivity index (χ1n) is 11.2. The van der Waals surface area contributed by atoms with Crippen LogP contribution in [0.4, 0.5) is 11.4 Å². The Labute approximate surface area is 205 Å². The molecular weight excluding hydrogens is 446 g/mol. The maximum atomic E-state index is 13.3. The summed E-state index contributed by atoms with van der Waals surface area (Å²) in [6, 6.07) is 23.6. The number of carbonyl (C=O) groups excluding carboxylic acids is 2. The first-order chi connectivity index (χ1) is 16.4. The lowest BCUT2D eigenvalue weighted by Gasteiger charge is -2.23. The molecule has 0 unspecified atom stereocenters. The number of thiocarbonyl (C=S) groups is 1. The van der Waals surface area contributed by atoms with Gasteiger partial charge in [0.15, 0.2) is 5.11 Å². The third-order valence-corrected chi connectivity index (χ3v) is 5.17. The van der Waals surface area contributed by atoms with E-state index < -0.39 is 0 Å². The van der Waals surface area contributed by atoms with E-state index in [1.165, 1.54) is 0 Å². The zero-order valence-electron chi connectivity index (χ0n) is 19.6. The van der Waals surface area contributed by atoms with Crippen LogP contribution in [0.25, 0.3) is 0 Å². The van der Waals surface area contributed by atoms with Crippen LogP contribution in [0, 0.1) is 5.92 Å². The van der Waals surface area contributed by atoms with E-state index in [9.17, 15) is 9.59 Å². The number of nitrogens with one attached hydrogen (secondary N) is 2. The fourth-order valence-electron chi connectivity index (χ4n) is 3.34. The molecule has 0 bridgehead atoms. The average Bonchev–Trinajstić information content (AvgIpc) is 2.84. The van der Waals surface area contributed by atoms with Crippen molar-refractivity contribution in [2.24, 2.45) is 5.92 Å². The molecule has 0 radical (unpaired) electrons. The number of anilines is 2. The number of benzene rings is 3. The van der Waals surface area contributed by atoms with E-state index in [0.29, 0.717) is 41.6 Å². The van der Waals surface area contributed by atoms with Gasteiger partial charge >= 0.3 is 0 Å². The minimum atomic E-state index is -0.389. The second kappa shape index (κ2) is 12.0. The number of nitrogens with zero attached hydrogens (tertiary/aromatic N) is 1. The summed E-state index contributed by atoms with van der Waals surface area (Å²) in [5, 5.41) is 5.78. The highest BCUT2D eigenvalue weighted by Crippen LogP contribution is 2.22. The van der Waals surface area contributed by atoms with Crippen LogP contribution in [0.15, 0.2) is 78.9 Å². The van der Waals surface area contributed by atoms with Gasteiger partial charge in [0.25, 0.3) is 11.8 Å². The molecule has 176 valence electrons. The minimum absolute atomic E-state index is 0.0895. The van der Waals surface area contributed by atoms with Gasteiger partial charge in [0.2, 0.25) is 0 Å². The molecule has 0 saturated heterocycles. The third-order valence-electron chi connectivity index (χ3n) is 4.97. The summed E-state index contributed by atoms with van der Waals surface area (Å²) in [4.78, 5) is 27.9. The fraction of sp³-hybridized carbons (Fsp3) is 0.222. The summed E-state index contributed by atoms with van der Waals surface area (Å²) in [6.45, 7) is 7.00. The van der Waals surface area contributed by atoms with Gasteiger partial charge in [-0.25, -0.2) is 0 Å². The SMILES string of the molecule is CCN(C(=O)c1ccccc1NC(=S)NC(=O)c1ccccc1OCC(C)C)c1ccccc1. The zero-order valence-corrected chi connectivity index (χ0v) is 20.4. The molecule has 0 heterocycles. The summed E-state index contributed by atoms with van der Waals surface area (Å²) in [5.41, 5.74) is 2.15. The molecule has 6 nitrogen and oxygen atoms in total. The number of hydrogen-bond acceptors (Lipinski definition) is 4. The van der Waals surface area contributed by atoms with Gasteiger partial charge in [0.05, 0.1) is 23.4 Å². The van der Waals surface area contributed by atoms with Gasteiger partial charge in [-0.2, -0.15) is 0 Å². The van der Waals surface area contributed by atoms with Crippen molar-refractivity contribution in [3.05, 3.63) is 90.0 Å². The van der Waals surface area contributed by atoms with E-state index in [2.05, 4.69) is 10.6 Å². The zero-order chi connectivity index (χ0) is 24.5. The lowest BCUT2D eigenvalue weighted by molar-refractivity contribution is 0.0970. The molecule has 0 atom stereocenters. The lowest BCUT2D eigenvalue weighted by Crippen LogP contribution is -2.36. The highest BCUT2D eigenvalue weighted by Gasteiger charge is 2.20. The highest BCUT2D eigenvalue weighted by atomic mass is 32.1. The van der Waals surface area contributed by atoms with Gasteiger partial charge < -0.3 is 15.0 Å². The first-order valence-corrected chi connectivity index (χ1v) is 11.6. The van der Waals surface area contributed by atoms with Gasteiger partial charge in [-0.05, 0) is 61.5 Å². The van der Waals surface area contributed by atoms with E-state index in [0.717, 1.165) is 5.69 Å². The molecule has 0 aliphatic rings. The molecular formula is C27H29N3O3S. The monoisotopic (exact) mass is 475 g/mol. The van der Waals surface area contributed by atoms with Crippen LogP contribution in [0.2, 0.25) is 0 Å². The number of carbonyl (C=O) groups is 2. The molecule has 0 fully saturated rings. The van der Waals surface area contributed by atoms with Crippen LogP contribution in [0.1, 0.15) is 41.5 Å². The van der Waals surface area contributed by atoms with Crippen LogP contribution >= 0.6 is 12.2 Å². The number of ether oxygens (including phenoxy) is 1. The lowest BCUT2D eigenvalue weighted by atomic mass is 10.1. The van der Waals surface area contributed by atoms with Crippen molar-refractivity contribution >= 4 is 40.5 Å². The number of para-hydroxylation sites is 3. The van der Waals surface area contributed by atoms with Crippen molar-refractivity contribution < 1.29 is 14.3 Å². The number of rotatable bonds is 8. The molecule has 0 spiro atoms. The van der Waals surface area contributed by atoms with Gasteiger partial charge in [0, 0.05) is 12.2 Å². The number of hydrogen-bond donors (Lipinski definition) is 2. The molecule has 2 amide bonds. The van der Waals surface area contributed by atoms with Crippen molar-refractivity contribution in [2.45, 2.75) is 20.8 Å². The van der Waals surface area contributed by atoms with E-state index in [4.69, 9.17) is 17.0 Å². The van der Waals surface area contributed by atoms with Crippen molar-refractivity contribution in [3.8, 4) is 5.75 Å². The Kier molecular flexibility index (Phi) is 8.76. The molecule has 3 aromatic carbocycles. The van der Waals surface area contributed by atoms with Crippen molar-refractivity contribution in [1.82, 2.24) is 5.32 Å². The van der Waals surface area contributed by atoms with Gasteiger partial charge in [-0.15, -0.1) is 0 Å². The maximum Gasteiger partial charge on any atom is 0.261 e. The van der Waals surface area contributed by atoms with Crippen LogP contribution in [0.5, 0.6) is 5.75 Å². The number of amides is 2. The molecule has 0 aromatic heterocycles. The van der Waals surface area contributed by atoms with Crippen LogP contribution in [0.3, 0.4) is 0 Å². The Morgan fingerprint density at radius 1 is 0.912 bits per heavy atom. The average molecular weight is 476 g/mol. The smallest absolute Gasteiger partial charge is 0.261 e. The van der Waals surface area contributed by atoms with Gasteiger partial charge in [-0.3, -0.25) is 14.9 Å². The van der Waals surface area contributed by atoms with E-state index >= 15 is 0 Å². The standard InChI is InChI=1S/C27H29N3O3S/c1-4-30(20-12-6-5-7-13-20)26(32)21-14-8-10-16-23(21)28-27(34)29-25(31)22-15-9-11-17-24(22)33-18-19(2)3/h5-17,19H,4,18H2,1-3H3,(H2,28,29,31,34). The summed E-state index contributed by atoms with van der Waals surface area (Å²) >= 11 is 5.39. The first kappa shape index (κ1) is 24.9. The topological polar surface area (TPSA) is 70.7 Å². The fourth-order valence-corrected chi connectivity index (χ4v) is 3.54. The van der Waals surface area contributed by atoms with E-state index in [-0.39, 0.29) is 16.9 Å². The van der Waals surface area contributed by atoms with Crippen LogP contribution in [-0.2, 0) is 0 Å². The maximum absolute atomic E-state index is 13.3. The predicted octanol–water partition coefficient (Wildman–Crippen LogP) is 5.51. The van der Waals surface area contributed by atoms with E-state index in [1.807, 2.05) is 57.2 Å². The van der Waals surface area contributed by atoms with Gasteiger partial charge in [0.1, 0.15) is 5.75 Å². The quantitative estimate of drug-likeness (QED) is 0.420. The highest BCUT2D eigenvalue weighted by molar-refractivity contribution is 7.80. The van der Waals surface area contributed by atoms with Crippen molar-refractivity contribution in [3.63, 3.8) is 0 Å². The van der Waals surface area contributed by atoms with Gasteiger partial charge in [-0.1, -0.05) is 56.3 Å². The Balaban J connectivity index is 1.74. The van der Waals surface area contributed by atoms with Crippen molar-refractivity contribution in [1.29, 1.82) is 0 Å². The molecule has 0 aliphatic heterocycles. The summed E-state index contributed by atoms with van der Waals surface area (Å²) in [7, 11) is 0. The normalized spacial score (nSPS) is 10.5. The van der Waals surface area contributed by atoms with Crippen LogP contribution in [-0.4, -0.2) is 30.1 Å². The molecule has 0 saturated carbocycles. The Hall–Kier alpha value is -3.71. The molecule has 7 heteroatoms. The largest absolute Gasteiger partial charge is 0.492 e. The Morgan fingerprint density at radius 2 is 1.53 bits per heavy atom. The van der Waals surface area contributed by atoms with E-state index in [1.54, 1.807) is 47.4 Å². The minimum Gasteiger partial charge on any atom is -0.492 e.